The van der Waals surface area contributed by atoms with E-state index < -0.39 is 0 Å². The lowest BCUT2D eigenvalue weighted by Crippen LogP contribution is -2.42. The summed E-state index contributed by atoms with van der Waals surface area (Å²) < 4.78 is 5.21. The molecule has 2 aromatic rings. The van der Waals surface area contributed by atoms with Crippen LogP contribution in [0.5, 0.6) is 5.88 Å². The lowest BCUT2D eigenvalue weighted by Gasteiger charge is -2.39. The van der Waals surface area contributed by atoms with Gasteiger partial charge in [-0.05, 0) is 31.2 Å². The average Bonchev–Trinajstić information content (AvgIpc) is 3.04. The smallest absolute Gasteiger partial charge is 0.223 e. The van der Waals surface area contributed by atoms with Crippen LogP contribution in [0.25, 0.3) is 0 Å². The number of likely N-dealkylation sites (tertiary alicyclic amines) is 1. The predicted octanol–water partition coefficient (Wildman–Crippen LogP) is 2.94. The van der Waals surface area contributed by atoms with E-state index in [-0.39, 0.29) is 5.41 Å². The molecule has 6 nitrogen and oxygen atoms in total. The Kier molecular flexibility index (Phi) is 5.46. The van der Waals surface area contributed by atoms with Gasteiger partial charge in [-0.1, -0.05) is 30.3 Å². The third-order valence-electron chi connectivity index (χ3n) is 6.13. The average molecular weight is 380 g/mol. The molecule has 2 aliphatic rings. The summed E-state index contributed by atoms with van der Waals surface area (Å²) in [6, 6.07) is 12.4. The molecular weight excluding hydrogens is 352 g/mol. The van der Waals surface area contributed by atoms with Crippen molar-refractivity contribution in [2.24, 2.45) is 5.41 Å². The highest BCUT2D eigenvalue weighted by Crippen LogP contribution is 2.41. The van der Waals surface area contributed by atoms with Crippen LogP contribution in [0.2, 0.25) is 0 Å². The first-order chi connectivity index (χ1) is 13.7. The highest BCUT2D eigenvalue weighted by molar-refractivity contribution is 5.79. The lowest BCUT2D eigenvalue weighted by atomic mass is 9.77. The summed E-state index contributed by atoms with van der Waals surface area (Å²) in [6.07, 6.45) is 6.35. The maximum atomic E-state index is 12.6. The number of carbonyl (C=O) groups excluding carboxylic acids is 1. The standard InChI is InChI=1S/C22H28N4O2/c1-28-20-14-19(23-17-24-20)25-12-9-22(10-13-25)15-21(27)26(16-22)11-5-8-18-6-3-2-4-7-18/h2-4,6-7,14,17H,5,8-13,15-16H2,1H3. The van der Waals surface area contributed by atoms with Gasteiger partial charge in [-0.25, -0.2) is 9.97 Å². The van der Waals surface area contributed by atoms with E-state index in [9.17, 15) is 4.79 Å². The molecule has 0 saturated carbocycles. The fourth-order valence-electron chi connectivity index (χ4n) is 4.46. The van der Waals surface area contributed by atoms with Gasteiger partial charge in [-0.3, -0.25) is 4.79 Å². The second-order valence-electron chi connectivity index (χ2n) is 7.99. The van der Waals surface area contributed by atoms with E-state index in [1.165, 1.54) is 5.56 Å². The summed E-state index contributed by atoms with van der Waals surface area (Å²) in [5.41, 5.74) is 1.48. The number of piperidine rings is 1. The molecule has 2 fully saturated rings. The zero-order chi connectivity index (χ0) is 19.4. The van der Waals surface area contributed by atoms with Crippen molar-refractivity contribution in [2.75, 3.05) is 38.2 Å². The molecule has 2 saturated heterocycles. The normalized spacial score (nSPS) is 18.7. The third-order valence-corrected chi connectivity index (χ3v) is 6.13. The van der Waals surface area contributed by atoms with Gasteiger partial charge in [0.05, 0.1) is 7.11 Å². The molecule has 0 aliphatic carbocycles. The van der Waals surface area contributed by atoms with Crippen molar-refractivity contribution in [3.8, 4) is 5.88 Å². The van der Waals surface area contributed by atoms with Crippen LogP contribution in [0.4, 0.5) is 5.82 Å². The maximum absolute atomic E-state index is 12.6. The largest absolute Gasteiger partial charge is 0.481 e. The Labute approximate surface area is 166 Å². The molecule has 0 atom stereocenters. The lowest BCUT2D eigenvalue weighted by molar-refractivity contribution is -0.127. The molecule has 0 radical (unpaired) electrons. The van der Waals surface area contributed by atoms with Crippen LogP contribution in [0.15, 0.2) is 42.7 Å². The molecular formula is C22H28N4O2. The fraction of sp³-hybridized carbons (Fsp3) is 0.500. The Morgan fingerprint density at radius 3 is 2.68 bits per heavy atom. The Hall–Kier alpha value is -2.63. The van der Waals surface area contributed by atoms with Crippen molar-refractivity contribution < 1.29 is 9.53 Å². The van der Waals surface area contributed by atoms with Gasteiger partial charge >= 0.3 is 0 Å². The summed E-state index contributed by atoms with van der Waals surface area (Å²) in [5.74, 6) is 1.82. The summed E-state index contributed by atoms with van der Waals surface area (Å²) >= 11 is 0. The number of amides is 1. The first-order valence-electron chi connectivity index (χ1n) is 10.1. The van der Waals surface area contributed by atoms with Crippen LogP contribution in [0, 0.1) is 5.41 Å². The number of aryl methyl sites for hydroxylation is 1. The van der Waals surface area contributed by atoms with Gasteiger partial charge in [0, 0.05) is 44.1 Å². The number of aromatic nitrogens is 2. The number of benzene rings is 1. The van der Waals surface area contributed by atoms with Crippen LogP contribution >= 0.6 is 0 Å². The van der Waals surface area contributed by atoms with Crippen LogP contribution in [0.3, 0.4) is 0 Å². The zero-order valence-electron chi connectivity index (χ0n) is 16.5. The van der Waals surface area contributed by atoms with E-state index in [0.29, 0.717) is 18.2 Å². The molecule has 1 amide bonds. The molecule has 28 heavy (non-hydrogen) atoms. The highest BCUT2D eigenvalue weighted by atomic mass is 16.5. The third kappa shape index (κ3) is 4.11. The number of methoxy groups -OCH3 is 1. The Morgan fingerprint density at radius 1 is 1.14 bits per heavy atom. The van der Waals surface area contributed by atoms with Gasteiger partial charge in [-0.15, -0.1) is 0 Å². The molecule has 6 heteroatoms. The minimum absolute atomic E-state index is 0.136. The Morgan fingerprint density at radius 2 is 1.93 bits per heavy atom. The van der Waals surface area contributed by atoms with Crippen LogP contribution < -0.4 is 9.64 Å². The van der Waals surface area contributed by atoms with Crippen molar-refractivity contribution in [2.45, 2.75) is 32.1 Å². The van der Waals surface area contributed by atoms with E-state index in [4.69, 9.17) is 4.74 Å². The predicted molar refractivity (Wildman–Crippen MR) is 108 cm³/mol. The molecule has 1 aromatic heterocycles. The van der Waals surface area contributed by atoms with Crippen molar-refractivity contribution in [1.29, 1.82) is 0 Å². The molecule has 1 aromatic carbocycles. The number of rotatable bonds is 6. The van der Waals surface area contributed by atoms with Crippen molar-refractivity contribution in [3.63, 3.8) is 0 Å². The molecule has 3 heterocycles. The summed E-state index contributed by atoms with van der Waals surface area (Å²) in [4.78, 5) is 25.4. The van der Waals surface area contributed by atoms with E-state index in [1.807, 2.05) is 12.1 Å². The number of anilines is 1. The first kappa shape index (κ1) is 18.7. The fourth-order valence-corrected chi connectivity index (χ4v) is 4.46. The van der Waals surface area contributed by atoms with Gasteiger partial charge in [-0.2, -0.15) is 0 Å². The molecule has 0 bridgehead atoms. The summed E-state index contributed by atoms with van der Waals surface area (Å²) in [7, 11) is 1.62. The number of nitrogens with zero attached hydrogens (tertiary/aromatic N) is 4. The van der Waals surface area contributed by atoms with Crippen molar-refractivity contribution in [3.05, 3.63) is 48.3 Å². The zero-order valence-corrected chi connectivity index (χ0v) is 16.5. The molecule has 0 unspecified atom stereocenters. The monoisotopic (exact) mass is 380 g/mol. The number of hydrogen-bond donors (Lipinski definition) is 0. The molecule has 2 aliphatic heterocycles. The summed E-state index contributed by atoms with van der Waals surface area (Å²) in [5, 5.41) is 0. The van der Waals surface area contributed by atoms with Gasteiger partial charge in [0.2, 0.25) is 11.8 Å². The van der Waals surface area contributed by atoms with Crippen molar-refractivity contribution >= 4 is 11.7 Å². The topological polar surface area (TPSA) is 58.6 Å². The van der Waals surface area contributed by atoms with Crippen LogP contribution in [0.1, 0.15) is 31.2 Å². The first-order valence-corrected chi connectivity index (χ1v) is 10.1. The van der Waals surface area contributed by atoms with Crippen LogP contribution in [-0.2, 0) is 11.2 Å². The minimum atomic E-state index is 0.136. The molecule has 148 valence electrons. The van der Waals surface area contributed by atoms with Gasteiger partial charge in [0.25, 0.3) is 0 Å². The highest BCUT2D eigenvalue weighted by Gasteiger charge is 2.44. The second-order valence-corrected chi connectivity index (χ2v) is 7.99. The number of ether oxygens (including phenoxy) is 1. The van der Waals surface area contributed by atoms with E-state index in [2.05, 4.69) is 44.0 Å². The molecule has 4 rings (SSSR count). The minimum Gasteiger partial charge on any atom is -0.481 e. The molecule has 1 spiro atoms. The quantitative estimate of drug-likeness (QED) is 0.771. The maximum Gasteiger partial charge on any atom is 0.223 e. The second kappa shape index (κ2) is 8.17. The van der Waals surface area contributed by atoms with Crippen molar-refractivity contribution in [1.82, 2.24) is 14.9 Å². The Balaban J connectivity index is 1.30. The van der Waals surface area contributed by atoms with E-state index in [1.54, 1.807) is 13.4 Å². The molecule has 0 N–H and O–H groups in total. The summed E-state index contributed by atoms with van der Waals surface area (Å²) in [6.45, 7) is 3.61. The van der Waals surface area contributed by atoms with Gasteiger partial charge in [0.1, 0.15) is 12.1 Å². The number of hydrogen-bond acceptors (Lipinski definition) is 5. The SMILES string of the molecule is COc1cc(N2CCC3(CC2)CC(=O)N(CCCc2ccccc2)C3)ncn1. The number of carbonyl (C=O) groups is 1. The van der Waals surface area contributed by atoms with E-state index in [0.717, 1.165) is 57.7 Å². The van der Waals surface area contributed by atoms with Crippen LogP contribution in [-0.4, -0.2) is 54.1 Å². The Bertz CT molecular complexity index is 803. The van der Waals surface area contributed by atoms with E-state index >= 15 is 0 Å². The van der Waals surface area contributed by atoms with Gasteiger partial charge < -0.3 is 14.5 Å². The van der Waals surface area contributed by atoms with Gasteiger partial charge in [0.15, 0.2) is 0 Å².